The van der Waals surface area contributed by atoms with Crippen molar-refractivity contribution in [2.75, 3.05) is 20.1 Å². The Balaban J connectivity index is 1.97. The summed E-state index contributed by atoms with van der Waals surface area (Å²) in [5.41, 5.74) is 1.36. The van der Waals surface area contributed by atoms with Gasteiger partial charge in [0.15, 0.2) is 0 Å². The fourth-order valence-corrected chi connectivity index (χ4v) is 3.10. The molecule has 80 valence electrons. The molecule has 1 aliphatic heterocycles. The van der Waals surface area contributed by atoms with E-state index in [2.05, 4.69) is 11.9 Å². The summed E-state index contributed by atoms with van der Waals surface area (Å²) in [6.07, 6.45) is 1.21. The first-order valence-corrected chi connectivity index (χ1v) is 5.64. The van der Waals surface area contributed by atoms with E-state index in [0.717, 1.165) is 24.6 Å². The average Bonchev–Trinajstić information content (AvgIpc) is 2.75. The Morgan fingerprint density at radius 3 is 2.93 bits per heavy atom. The number of likely N-dealkylation sites (N-methyl/N-ethyl adjacent to an activating group) is 1. The van der Waals surface area contributed by atoms with Gasteiger partial charge in [-0.15, -0.1) is 0 Å². The van der Waals surface area contributed by atoms with Crippen molar-refractivity contribution in [3.05, 3.63) is 34.6 Å². The summed E-state index contributed by atoms with van der Waals surface area (Å²) in [6.45, 7) is 2.20. The van der Waals surface area contributed by atoms with Gasteiger partial charge in [0.25, 0.3) is 0 Å². The standard InChI is InChI=1S/C12H13ClFN/c1-15-6-9-5-12(9,7-15)8-2-3-10(13)11(14)4-8/h2-4,9H,5-7H2,1H3/t9?,12-/m0/s1. The van der Waals surface area contributed by atoms with E-state index in [-0.39, 0.29) is 16.3 Å². The van der Waals surface area contributed by atoms with Crippen LogP contribution in [0.1, 0.15) is 12.0 Å². The van der Waals surface area contributed by atoms with E-state index >= 15 is 0 Å². The first-order chi connectivity index (χ1) is 7.12. The minimum absolute atomic E-state index is 0.221. The molecule has 1 heterocycles. The van der Waals surface area contributed by atoms with Gasteiger partial charge in [0.05, 0.1) is 5.02 Å². The maximum absolute atomic E-state index is 13.4. The van der Waals surface area contributed by atoms with E-state index < -0.39 is 0 Å². The van der Waals surface area contributed by atoms with Gasteiger partial charge in [0.2, 0.25) is 0 Å². The Hall–Kier alpha value is -0.600. The van der Waals surface area contributed by atoms with Crippen LogP contribution >= 0.6 is 11.6 Å². The Bertz CT molecular complexity index is 420. The molecular weight excluding hydrogens is 213 g/mol. The van der Waals surface area contributed by atoms with Crippen LogP contribution in [0, 0.1) is 11.7 Å². The largest absolute Gasteiger partial charge is 0.305 e. The van der Waals surface area contributed by atoms with E-state index in [1.807, 2.05) is 6.07 Å². The molecule has 2 fully saturated rings. The van der Waals surface area contributed by atoms with Crippen molar-refractivity contribution in [3.63, 3.8) is 0 Å². The smallest absolute Gasteiger partial charge is 0.142 e. The third kappa shape index (κ3) is 1.31. The highest BCUT2D eigenvalue weighted by Gasteiger charge is 2.59. The van der Waals surface area contributed by atoms with Gasteiger partial charge in [-0.05, 0) is 37.1 Å². The second-order valence-electron chi connectivity index (χ2n) is 4.88. The minimum Gasteiger partial charge on any atom is -0.305 e. The number of halogens is 2. The molecule has 1 saturated carbocycles. The molecule has 0 aromatic heterocycles. The summed E-state index contributed by atoms with van der Waals surface area (Å²) in [6, 6.07) is 5.26. The fraction of sp³-hybridized carbons (Fsp3) is 0.500. The predicted octanol–water partition coefficient (Wildman–Crippen LogP) is 2.68. The van der Waals surface area contributed by atoms with Crippen LogP contribution in [0.5, 0.6) is 0 Å². The van der Waals surface area contributed by atoms with Gasteiger partial charge >= 0.3 is 0 Å². The third-order valence-electron chi connectivity index (χ3n) is 3.81. The van der Waals surface area contributed by atoms with Gasteiger partial charge in [-0.1, -0.05) is 17.7 Å². The molecule has 0 radical (unpaired) electrons. The molecule has 3 heteroatoms. The zero-order valence-corrected chi connectivity index (χ0v) is 9.39. The normalized spacial score (nSPS) is 34.2. The molecule has 1 aliphatic carbocycles. The monoisotopic (exact) mass is 225 g/mol. The number of nitrogens with zero attached hydrogens (tertiary/aromatic N) is 1. The van der Waals surface area contributed by atoms with Crippen LogP contribution in [0.2, 0.25) is 5.02 Å². The summed E-state index contributed by atoms with van der Waals surface area (Å²) in [5.74, 6) is 0.437. The summed E-state index contributed by atoms with van der Waals surface area (Å²) in [7, 11) is 2.13. The number of rotatable bonds is 1. The second kappa shape index (κ2) is 2.96. The van der Waals surface area contributed by atoms with Crippen LogP contribution in [0.15, 0.2) is 18.2 Å². The predicted molar refractivity (Wildman–Crippen MR) is 58.7 cm³/mol. The number of hydrogen-bond donors (Lipinski definition) is 0. The number of hydrogen-bond acceptors (Lipinski definition) is 1. The van der Waals surface area contributed by atoms with E-state index in [1.165, 1.54) is 6.42 Å². The first kappa shape index (κ1) is 9.61. The topological polar surface area (TPSA) is 3.24 Å². The molecule has 0 bridgehead atoms. The maximum atomic E-state index is 13.4. The lowest BCUT2D eigenvalue weighted by Crippen LogP contribution is -2.22. The highest BCUT2D eigenvalue weighted by molar-refractivity contribution is 6.30. The number of benzene rings is 1. The van der Waals surface area contributed by atoms with E-state index in [9.17, 15) is 4.39 Å². The summed E-state index contributed by atoms with van der Waals surface area (Å²) >= 11 is 5.69. The Labute approximate surface area is 93.8 Å². The van der Waals surface area contributed by atoms with Crippen LogP contribution in [-0.4, -0.2) is 25.0 Å². The highest BCUT2D eigenvalue weighted by Crippen LogP contribution is 2.58. The van der Waals surface area contributed by atoms with Crippen LogP contribution in [-0.2, 0) is 5.41 Å². The van der Waals surface area contributed by atoms with E-state index in [1.54, 1.807) is 12.1 Å². The van der Waals surface area contributed by atoms with Crippen molar-refractivity contribution in [2.24, 2.45) is 5.92 Å². The van der Waals surface area contributed by atoms with E-state index in [0.29, 0.717) is 0 Å². The van der Waals surface area contributed by atoms with Crippen molar-refractivity contribution in [3.8, 4) is 0 Å². The quantitative estimate of drug-likeness (QED) is 0.711. The Morgan fingerprint density at radius 1 is 1.53 bits per heavy atom. The zero-order valence-electron chi connectivity index (χ0n) is 8.63. The first-order valence-electron chi connectivity index (χ1n) is 5.26. The molecule has 3 rings (SSSR count). The molecular formula is C12H13ClFN. The van der Waals surface area contributed by atoms with Gasteiger partial charge in [0.1, 0.15) is 5.82 Å². The molecule has 15 heavy (non-hydrogen) atoms. The maximum Gasteiger partial charge on any atom is 0.142 e. The van der Waals surface area contributed by atoms with Crippen LogP contribution < -0.4 is 0 Å². The third-order valence-corrected chi connectivity index (χ3v) is 4.12. The SMILES string of the molecule is CN1CC2C[C@@]2(c2ccc(Cl)c(F)c2)C1. The number of fused-ring (bicyclic) bond motifs is 1. The molecule has 0 spiro atoms. The molecule has 1 aromatic carbocycles. The summed E-state index contributed by atoms with van der Waals surface area (Å²) in [5, 5.41) is 0.221. The van der Waals surface area contributed by atoms with Crippen LogP contribution in [0.25, 0.3) is 0 Å². The molecule has 1 aromatic rings. The van der Waals surface area contributed by atoms with Gasteiger partial charge in [-0.25, -0.2) is 4.39 Å². The fourth-order valence-electron chi connectivity index (χ4n) is 2.99. The average molecular weight is 226 g/mol. The lowest BCUT2D eigenvalue weighted by Gasteiger charge is -2.16. The summed E-state index contributed by atoms with van der Waals surface area (Å²) < 4.78 is 13.4. The molecule has 2 atom stereocenters. The van der Waals surface area contributed by atoms with Gasteiger partial charge in [0, 0.05) is 18.5 Å². The molecule has 2 aliphatic rings. The molecule has 0 N–H and O–H groups in total. The highest BCUT2D eigenvalue weighted by atomic mass is 35.5. The van der Waals surface area contributed by atoms with Crippen molar-refractivity contribution < 1.29 is 4.39 Å². The molecule has 1 saturated heterocycles. The van der Waals surface area contributed by atoms with Crippen molar-refractivity contribution in [1.82, 2.24) is 4.90 Å². The summed E-state index contributed by atoms with van der Waals surface area (Å²) in [4.78, 5) is 2.32. The second-order valence-corrected chi connectivity index (χ2v) is 5.29. The minimum atomic E-state index is -0.288. The lowest BCUT2D eigenvalue weighted by molar-refractivity contribution is 0.363. The number of piperidine rings is 1. The zero-order chi connectivity index (χ0) is 10.6. The van der Waals surface area contributed by atoms with Gasteiger partial charge in [-0.2, -0.15) is 0 Å². The van der Waals surface area contributed by atoms with Crippen molar-refractivity contribution in [2.45, 2.75) is 11.8 Å². The number of likely N-dealkylation sites (tertiary alicyclic amines) is 1. The van der Waals surface area contributed by atoms with Crippen molar-refractivity contribution in [1.29, 1.82) is 0 Å². The Kier molecular flexibility index (Phi) is 1.89. The molecule has 1 unspecified atom stereocenters. The van der Waals surface area contributed by atoms with Crippen molar-refractivity contribution >= 4 is 11.6 Å². The van der Waals surface area contributed by atoms with E-state index in [4.69, 9.17) is 11.6 Å². The van der Waals surface area contributed by atoms with Gasteiger partial charge in [-0.3, -0.25) is 0 Å². The van der Waals surface area contributed by atoms with Crippen LogP contribution in [0.3, 0.4) is 0 Å². The Morgan fingerprint density at radius 2 is 2.33 bits per heavy atom. The lowest BCUT2D eigenvalue weighted by atomic mass is 9.95. The van der Waals surface area contributed by atoms with Gasteiger partial charge < -0.3 is 4.90 Å². The van der Waals surface area contributed by atoms with Crippen LogP contribution in [0.4, 0.5) is 4.39 Å². The molecule has 0 amide bonds. The molecule has 1 nitrogen and oxygen atoms in total.